The summed E-state index contributed by atoms with van der Waals surface area (Å²) >= 11 is 0. The molecule has 3 N–H and O–H groups in total. The van der Waals surface area contributed by atoms with Crippen molar-refractivity contribution >= 4 is 5.82 Å². The van der Waals surface area contributed by atoms with Gasteiger partial charge in [-0.15, -0.1) is 0 Å². The number of ether oxygens (including phenoxy) is 1. The number of halogens is 2. The monoisotopic (exact) mass is 232 g/mol. The Bertz CT molecular complexity index is 462. The van der Waals surface area contributed by atoms with E-state index < -0.39 is 23.9 Å². The number of aliphatic hydroxyl groups is 1. The molecule has 0 amide bonds. The maximum Gasteiger partial charge on any atom is 0.351 e. The Morgan fingerprint density at radius 3 is 2.81 bits per heavy atom. The Hall–Kier alpha value is -1.54. The SMILES string of the molecule is Nc1ccn([C@@H]2O[CH][C@@H](O)C2(F)F)c(=O)n1. The van der Waals surface area contributed by atoms with Crippen molar-refractivity contribution in [3.8, 4) is 0 Å². The standard InChI is InChI=1S/C8H8F2N3O3/c9-8(10)4(14)3-16-6(8)13-2-1-5(11)12-7(13)15/h1-4,6,14H,(H2,11,12,15)/t4-,6-/m1/s1. The fraction of sp³-hybridized carbons (Fsp3) is 0.375. The Balaban J connectivity index is 2.42. The number of alkyl halides is 2. The summed E-state index contributed by atoms with van der Waals surface area (Å²) in [5, 5.41) is 8.94. The lowest BCUT2D eigenvalue weighted by atomic mass is 10.2. The molecule has 6 nitrogen and oxygen atoms in total. The topological polar surface area (TPSA) is 90.4 Å². The maximum atomic E-state index is 13.3. The first-order chi connectivity index (χ1) is 7.43. The van der Waals surface area contributed by atoms with Crippen molar-refractivity contribution in [1.82, 2.24) is 9.55 Å². The first-order valence-electron chi connectivity index (χ1n) is 4.32. The van der Waals surface area contributed by atoms with Gasteiger partial charge in [0.25, 0.3) is 0 Å². The van der Waals surface area contributed by atoms with Crippen LogP contribution in [-0.4, -0.2) is 26.7 Å². The molecule has 8 heteroatoms. The molecule has 1 fully saturated rings. The van der Waals surface area contributed by atoms with E-state index in [0.717, 1.165) is 6.20 Å². The second-order valence-corrected chi connectivity index (χ2v) is 3.29. The van der Waals surface area contributed by atoms with Gasteiger partial charge in [-0.1, -0.05) is 0 Å². The van der Waals surface area contributed by atoms with E-state index in [1.54, 1.807) is 0 Å². The van der Waals surface area contributed by atoms with Crippen molar-refractivity contribution in [2.75, 3.05) is 5.73 Å². The van der Waals surface area contributed by atoms with Crippen molar-refractivity contribution < 1.29 is 18.6 Å². The predicted octanol–water partition coefficient (Wildman–Crippen LogP) is -0.488. The van der Waals surface area contributed by atoms with E-state index >= 15 is 0 Å². The molecular formula is C8H8F2N3O3. The fourth-order valence-corrected chi connectivity index (χ4v) is 1.33. The third-order valence-electron chi connectivity index (χ3n) is 2.16. The van der Waals surface area contributed by atoms with Crippen LogP contribution in [-0.2, 0) is 4.74 Å². The van der Waals surface area contributed by atoms with Crippen LogP contribution in [0.25, 0.3) is 0 Å². The number of rotatable bonds is 1. The highest BCUT2D eigenvalue weighted by atomic mass is 19.3. The van der Waals surface area contributed by atoms with Gasteiger partial charge in [0, 0.05) is 6.20 Å². The first kappa shape index (κ1) is 11.0. The summed E-state index contributed by atoms with van der Waals surface area (Å²) in [6, 6.07) is 1.19. The molecule has 1 saturated heterocycles. The number of nitrogens with zero attached hydrogens (tertiary/aromatic N) is 2. The molecule has 16 heavy (non-hydrogen) atoms. The third kappa shape index (κ3) is 1.55. The Kier molecular flexibility index (Phi) is 2.39. The highest BCUT2D eigenvalue weighted by Crippen LogP contribution is 2.40. The van der Waals surface area contributed by atoms with E-state index in [9.17, 15) is 13.6 Å². The van der Waals surface area contributed by atoms with Crippen LogP contribution in [0.1, 0.15) is 6.23 Å². The van der Waals surface area contributed by atoms with Gasteiger partial charge in [0.15, 0.2) is 6.10 Å². The smallest absolute Gasteiger partial charge is 0.351 e. The van der Waals surface area contributed by atoms with Crippen LogP contribution in [0, 0.1) is 6.61 Å². The lowest BCUT2D eigenvalue weighted by Gasteiger charge is -2.20. The highest BCUT2D eigenvalue weighted by molar-refractivity contribution is 5.23. The minimum atomic E-state index is -3.58. The normalized spacial score (nSPS) is 28.2. The zero-order valence-corrected chi connectivity index (χ0v) is 7.88. The molecule has 1 aromatic rings. The van der Waals surface area contributed by atoms with Crippen LogP contribution in [0.15, 0.2) is 17.1 Å². The second-order valence-electron chi connectivity index (χ2n) is 3.29. The van der Waals surface area contributed by atoms with Gasteiger partial charge in [-0.05, 0) is 6.07 Å². The van der Waals surface area contributed by atoms with Gasteiger partial charge in [0.05, 0.1) is 0 Å². The zero-order valence-electron chi connectivity index (χ0n) is 7.88. The molecule has 1 aliphatic heterocycles. The number of nitrogen functional groups attached to an aromatic ring is 1. The number of hydrogen-bond acceptors (Lipinski definition) is 5. The van der Waals surface area contributed by atoms with E-state index in [2.05, 4.69) is 9.72 Å². The summed E-state index contributed by atoms with van der Waals surface area (Å²) in [4.78, 5) is 14.6. The van der Waals surface area contributed by atoms with E-state index in [1.165, 1.54) is 6.07 Å². The van der Waals surface area contributed by atoms with Crippen molar-refractivity contribution in [2.45, 2.75) is 18.3 Å². The Morgan fingerprint density at radius 1 is 1.62 bits per heavy atom. The average molecular weight is 232 g/mol. The molecule has 2 heterocycles. The highest BCUT2D eigenvalue weighted by Gasteiger charge is 2.55. The molecule has 0 saturated carbocycles. The molecule has 1 aromatic heterocycles. The van der Waals surface area contributed by atoms with Gasteiger partial charge in [-0.3, -0.25) is 4.57 Å². The van der Waals surface area contributed by atoms with Crippen LogP contribution >= 0.6 is 0 Å². The quantitative estimate of drug-likeness (QED) is 0.682. The number of hydrogen-bond donors (Lipinski definition) is 2. The summed E-state index contributed by atoms with van der Waals surface area (Å²) in [5.74, 6) is -3.66. The second kappa shape index (κ2) is 3.49. The number of aromatic nitrogens is 2. The molecule has 87 valence electrons. The van der Waals surface area contributed by atoms with E-state index in [0.29, 0.717) is 11.2 Å². The van der Waals surface area contributed by atoms with Gasteiger partial charge < -0.3 is 15.6 Å². The fourth-order valence-electron chi connectivity index (χ4n) is 1.33. The summed E-state index contributed by atoms with van der Waals surface area (Å²) in [6.07, 6.45) is -2.92. The summed E-state index contributed by atoms with van der Waals surface area (Å²) < 4.78 is 31.8. The molecule has 1 aliphatic rings. The van der Waals surface area contributed by atoms with Crippen LogP contribution < -0.4 is 11.4 Å². The molecule has 0 aromatic carbocycles. The molecule has 1 radical (unpaired) electrons. The molecule has 0 bridgehead atoms. The van der Waals surface area contributed by atoms with E-state index in [-0.39, 0.29) is 5.82 Å². The van der Waals surface area contributed by atoms with Crippen molar-refractivity contribution in [1.29, 1.82) is 0 Å². The zero-order chi connectivity index (χ0) is 11.9. The molecule has 0 spiro atoms. The van der Waals surface area contributed by atoms with E-state index in [4.69, 9.17) is 10.8 Å². The Morgan fingerprint density at radius 2 is 2.31 bits per heavy atom. The molecular weight excluding hydrogens is 224 g/mol. The van der Waals surface area contributed by atoms with Crippen molar-refractivity contribution in [2.24, 2.45) is 0 Å². The first-order valence-corrected chi connectivity index (χ1v) is 4.32. The van der Waals surface area contributed by atoms with Crippen LogP contribution in [0.4, 0.5) is 14.6 Å². The molecule has 0 unspecified atom stereocenters. The van der Waals surface area contributed by atoms with Gasteiger partial charge in [-0.2, -0.15) is 13.8 Å². The van der Waals surface area contributed by atoms with Gasteiger partial charge >= 0.3 is 11.6 Å². The minimum Gasteiger partial charge on any atom is -0.384 e. The van der Waals surface area contributed by atoms with E-state index in [1.807, 2.05) is 0 Å². The average Bonchev–Trinajstić information content (AvgIpc) is 2.44. The maximum absolute atomic E-state index is 13.3. The third-order valence-corrected chi connectivity index (χ3v) is 2.16. The minimum absolute atomic E-state index is 0.0768. The molecule has 2 rings (SSSR count). The summed E-state index contributed by atoms with van der Waals surface area (Å²) in [5.41, 5.74) is 4.25. The van der Waals surface area contributed by atoms with Crippen LogP contribution in [0.2, 0.25) is 0 Å². The lowest BCUT2D eigenvalue weighted by Crippen LogP contribution is -2.40. The molecule has 2 atom stereocenters. The van der Waals surface area contributed by atoms with Gasteiger partial charge in [0.1, 0.15) is 12.4 Å². The van der Waals surface area contributed by atoms with Crippen molar-refractivity contribution in [3.63, 3.8) is 0 Å². The van der Waals surface area contributed by atoms with Crippen LogP contribution in [0.5, 0.6) is 0 Å². The summed E-state index contributed by atoms with van der Waals surface area (Å²) in [7, 11) is 0. The van der Waals surface area contributed by atoms with Gasteiger partial charge in [-0.25, -0.2) is 4.79 Å². The number of aliphatic hydroxyl groups excluding tert-OH is 1. The summed E-state index contributed by atoms with van der Waals surface area (Å²) in [6.45, 7) is 0.577. The van der Waals surface area contributed by atoms with Gasteiger partial charge in [0.2, 0.25) is 6.23 Å². The lowest BCUT2D eigenvalue weighted by molar-refractivity contribution is -0.140. The number of anilines is 1. The molecule has 0 aliphatic carbocycles. The Labute approximate surface area is 88.3 Å². The number of nitrogens with two attached hydrogens (primary N) is 1. The van der Waals surface area contributed by atoms with Crippen molar-refractivity contribution in [3.05, 3.63) is 29.4 Å². The van der Waals surface area contributed by atoms with Crippen LogP contribution in [0.3, 0.4) is 0 Å². The predicted molar refractivity (Wildman–Crippen MR) is 48.3 cm³/mol. The largest absolute Gasteiger partial charge is 0.384 e.